The van der Waals surface area contributed by atoms with Gasteiger partial charge in [-0.05, 0) is 59.9 Å². The van der Waals surface area contributed by atoms with Crippen LogP contribution in [0.2, 0.25) is 0 Å². The van der Waals surface area contributed by atoms with Crippen LogP contribution in [0, 0.1) is 0 Å². The number of aromatic nitrogens is 2. The minimum Gasteiger partial charge on any atom is -0.497 e. The van der Waals surface area contributed by atoms with Crippen LogP contribution in [-0.2, 0) is 6.42 Å². The average molecular weight is 344 g/mol. The topological polar surface area (TPSA) is 37.9 Å². The van der Waals surface area contributed by atoms with Crippen molar-refractivity contribution in [2.24, 2.45) is 0 Å². The third-order valence-corrected chi connectivity index (χ3v) is 5.00. The number of pyridine rings is 1. The molecule has 3 nitrogen and oxygen atoms in total. The Kier molecular flexibility index (Phi) is 4.61. The van der Waals surface area contributed by atoms with Crippen LogP contribution in [-0.4, -0.2) is 17.1 Å². The normalized spacial score (nSPS) is 11.3. The molecule has 0 fully saturated rings. The van der Waals surface area contributed by atoms with Gasteiger partial charge >= 0.3 is 0 Å². The first kappa shape index (κ1) is 16.6. The maximum Gasteiger partial charge on any atom is 0.138 e. The minimum absolute atomic E-state index is 0.878. The summed E-state index contributed by atoms with van der Waals surface area (Å²) in [5.74, 6) is 0.878. The van der Waals surface area contributed by atoms with E-state index in [1.54, 1.807) is 7.11 Å². The molecule has 2 aromatic carbocycles. The Morgan fingerprint density at radius 3 is 2.50 bits per heavy atom. The van der Waals surface area contributed by atoms with Gasteiger partial charge in [0.2, 0.25) is 0 Å². The molecule has 0 unspecified atom stereocenters. The number of nitrogens with zero attached hydrogens (tertiary/aromatic N) is 1. The van der Waals surface area contributed by atoms with Gasteiger partial charge in [-0.2, -0.15) is 0 Å². The van der Waals surface area contributed by atoms with Gasteiger partial charge in [0.05, 0.1) is 7.11 Å². The van der Waals surface area contributed by atoms with E-state index in [0.717, 1.165) is 23.3 Å². The Bertz CT molecular complexity index is 1030. The predicted molar refractivity (Wildman–Crippen MR) is 109 cm³/mol. The second kappa shape index (κ2) is 7.20. The molecule has 0 aliphatic heterocycles. The molecule has 0 saturated carbocycles. The molecule has 0 saturated heterocycles. The van der Waals surface area contributed by atoms with Crippen LogP contribution in [0.4, 0.5) is 0 Å². The van der Waals surface area contributed by atoms with Crippen molar-refractivity contribution in [1.29, 1.82) is 0 Å². The van der Waals surface area contributed by atoms with Gasteiger partial charge in [-0.1, -0.05) is 38.0 Å². The monoisotopic (exact) mass is 344 g/mol. The van der Waals surface area contributed by atoms with Gasteiger partial charge in [0.25, 0.3) is 0 Å². The van der Waals surface area contributed by atoms with Gasteiger partial charge in [0.1, 0.15) is 11.4 Å². The Labute approximate surface area is 154 Å². The maximum atomic E-state index is 5.26. The predicted octanol–water partition coefficient (Wildman–Crippen LogP) is 6.12. The molecular weight excluding hydrogens is 320 g/mol. The molecule has 0 aliphatic carbocycles. The first-order valence-corrected chi connectivity index (χ1v) is 9.33. The van der Waals surface area contributed by atoms with Crippen molar-refractivity contribution in [1.82, 2.24) is 9.97 Å². The van der Waals surface area contributed by atoms with E-state index < -0.39 is 0 Å². The van der Waals surface area contributed by atoms with E-state index in [1.807, 2.05) is 18.3 Å². The molecule has 2 aromatic heterocycles. The average Bonchev–Trinajstić information content (AvgIpc) is 3.05. The second-order valence-electron chi connectivity index (χ2n) is 6.81. The largest absolute Gasteiger partial charge is 0.497 e. The van der Waals surface area contributed by atoms with Crippen molar-refractivity contribution < 1.29 is 4.74 Å². The SMILES string of the molecule is CCCCCc1cnc2[nH]c3ccc(-c4ccc(OC)cc4)cc3c2c1. The number of rotatable bonds is 6. The second-order valence-corrected chi connectivity index (χ2v) is 6.81. The lowest BCUT2D eigenvalue weighted by Crippen LogP contribution is -1.87. The number of aryl methyl sites for hydroxylation is 1. The molecule has 0 aliphatic rings. The van der Waals surface area contributed by atoms with Gasteiger partial charge in [-0.3, -0.25) is 0 Å². The quantitative estimate of drug-likeness (QED) is 0.428. The van der Waals surface area contributed by atoms with Crippen molar-refractivity contribution in [3.05, 3.63) is 60.3 Å². The Morgan fingerprint density at radius 2 is 1.73 bits per heavy atom. The summed E-state index contributed by atoms with van der Waals surface area (Å²) >= 11 is 0. The number of ether oxygens (including phenoxy) is 1. The van der Waals surface area contributed by atoms with E-state index >= 15 is 0 Å². The lowest BCUT2D eigenvalue weighted by Gasteiger charge is -2.04. The first-order valence-electron chi connectivity index (χ1n) is 9.33. The maximum absolute atomic E-state index is 5.26. The van der Waals surface area contributed by atoms with E-state index in [1.165, 1.54) is 46.7 Å². The van der Waals surface area contributed by atoms with Crippen LogP contribution in [0.1, 0.15) is 31.7 Å². The highest BCUT2D eigenvalue weighted by Crippen LogP contribution is 2.30. The number of unbranched alkanes of at least 4 members (excludes halogenated alkanes) is 2. The number of H-pyrrole nitrogens is 1. The van der Waals surface area contributed by atoms with E-state index in [2.05, 4.69) is 53.3 Å². The van der Waals surface area contributed by atoms with E-state index in [-0.39, 0.29) is 0 Å². The molecule has 0 amide bonds. The number of hydrogen-bond donors (Lipinski definition) is 1. The number of methoxy groups -OCH3 is 1. The molecule has 0 radical (unpaired) electrons. The molecule has 0 bridgehead atoms. The van der Waals surface area contributed by atoms with Crippen LogP contribution in [0.15, 0.2) is 54.7 Å². The van der Waals surface area contributed by atoms with E-state index in [0.29, 0.717) is 0 Å². The third-order valence-electron chi connectivity index (χ3n) is 5.00. The smallest absolute Gasteiger partial charge is 0.138 e. The highest BCUT2D eigenvalue weighted by Gasteiger charge is 2.08. The fraction of sp³-hybridized carbons (Fsp3) is 0.261. The summed E-state index contributed by atoms with van der Waals surface area (Å²) in [6.45, 7) is 2.24. The number of nitrogens with one attached hydrogen (secondary N) is 1. The van der Waals surface area contributed by atoms with Crippen molar-refractivity contribution in [2.45, 2.75) is 32.6 Å². The van der Waals surface area contributed by atoms with Crippen LogP contribution >= 0.6 is 0 Å². The molecule has 3 heteroatoms. The molecule has 0 atom stereocenters. The van der Waals surface area contributed by atoms with Crippen LogP contribution in [0.5, 0.6) is 5.75 Å². The van der Waals surface area contributed by atoms with Crippen LogP contribution in [0.25, 0.3) is 33.1 Å². The number of hydrogen-bond acceptors (Lipinski definition) is 2. The number of aromatic amines is 1. The summed E-state index contributed by atoms with van der Waals surface area (Å²) in [5.41, 5.74) is 5.81. The zero-order valence-electron chi connectivity index (χ0n) is 15.4. The molecule has 0 spiro atoms. The molecule has 4 aromatic rings. The standard InChI is InChI=1S/C23H24N2O/c1-3-4-5-6-16-13-21-20-14-18(17-7-10-19(26-2)11-8-17)9-12-22(20)25-23(21)24-15-16/h7-15H,3-6H2,1-2H3,(H,24,25). The fourth-order valence-corrected chi connectivity index (χ4v) is 3.50. The molecule has 26 heavy (non-hydrogen) atoms. The Balaban J connectivity index is 1.74. The van der Waals surface area contributed by atoms with Gasteiger partial charge < -0.3 is 9.72 Å². The fourth-order valence-electron chi connectivity index (χ4n) is 3.50. The number of fused-ring (bicyclic) bond motifs is 3. The van der Waals surface area contributed by atoms with E-state index in [9.17, 15) is 0 Å². The van der Waals surface area contributed by atoms with E-state index in [4.69, 9.17) is 4.74 Å². The van der Waals surface area contributed by atoms with Gasteiger partial charge in [0, 0.05) is 22.5 Å². The van der Waals surface area contributed by atoms with Crippen molar-refractivity contribution >= 4 is 21.9 Å². The van der Waals surface area contributed by atoms with Crippen molar-refractivity contribution in [2.75, 3.05) is 7.11 Å². The van der Waals surface area contributed by atoms with Gasteiger partial charge in [-0.15, -0.1) is 0 Å². The molecule has 2 heterocycles. The lowest BCUT2D eigenvalue weighted by molar-refractivity contribution is 0.415. The number of benzene rings is 2. The van der Waals surface area contributed by atoms with Gasteiger partial charge in [0.15, 0.2) is 0 Å². The van der Waals surface area contributed by atoms with Gasteiger partial charge in [-0.25, -0.2) is 4.98 Å². The highest BCUT2D eigenvalue weighted by atomic mass is 16.5. The highest BCUT2D eigenvalue weighted by molar-refractivity contribution is 6.07. The summed E-state index contributed by atoms with van der Waals surface area (Å²) in [6.07, 6.45) is 6.85. The lowest BCUT2D eigenvalue weighted by atomic mass is 10.0. The summed E-state index contributed by atoms with van der Waals surface area (Å²) in [5, 5.41) is 2.45. The summed E-state index contributed by atoms with van der Waals surface area (Å²) < 4.78 is 5.26. The van der Waals surface area contributed by atoms with Crippen LogP contribution in [0.3, 0.4) is 0 Å². The zero-order chi connectivity index (χ0) is 17.9. The summed E-state index contributed by atoms with van der Waals surface area (Å²) in [4.78, 5) is 8.09. The van der Waals surface area contributed by atoms with Crippen molar-refractivity contribution in [3.8, 4) is 16.9 Å². The van der Waals surface area contributed by atoms with Crippen molar-refractivity contribution in [3.63, 3.8) is 0 Å². The molecule has 1 N–H and O–H groups in total. The summed E-state index contributed by atoms with van der Waals surface area (Å²) in [6, 6.07) is 17.1. The third kappa shape index (κ3) is 3.17. The molecular formula is C23H24N2O. The van der Waals surface area contributed by atoms with Crippen LogP contribution < -0.4 is 4.74 Å². The first-order chi connectivity index (χ1) is 12.8. The molecule has 132 valence electrons. The molecule has 4 rings (SSSR count). The Hall–Kier alpha value is -2.81. The minimum atomic E-state index is 0.878. The zero-order valence-corrected chi connectivity index (χ0v) is 15.4. The Morgan fingerprint density at radius 1 is 0.923 bits per heavy atom. The summed E-state index contributed by atoms with van der Waals surface area (Å²) in [7, 11) is 1.69.